The third-order valence-corrected chi connectivity index (χ3v) is 8.24. The molecule has 1 amide bonds. The zero-order valence-electron chi connectivity index (χ0n) is 20.0. The van der Waals surface area contributed by atoms with Crippen molar-refractivity contribution >= 4 is 21.9 Å². The molecular formula is C23H34N8O3S. The van der Waals surface area contributed by atoms with Crippen LogP contribution in [0.25, 0.3) is 0 Å². The topological polar surface area (TPSA) is 147 Å². The average molecular weight is 503 g/mol. The van der Waals surface area contributed by atoms with Crippen LogP contribution in [0.15, 0.2) is 29.2 Å². The SMILES string of the molecule is CC1NC2C3CCCCC3n3c(CCCC(=O)NCCc4ccc(S(N)(=O)=O)cc4)nnc3N2N1. The molecular weight excluding hydrogens is 468 g/mol. The second kappa shape index (κ2) is 9.84. The van der Waals surface area contributed by atoms with Crippen molar-refractivity contribution in [3.05, 3.63) is 35.7 Å². The van der Waals surface area contributed by atoms with Crippen molar-refractivity contribution < 1.29 is 13.2 Å². The first-order valence-electron chi connectivity index (χ1n) is 12.4. The number of fused-ring (bicyclic) bond motifs is 6. The molecule has 1 aliphatic carbocycles. The molecule has 4 atom stereocenters. The Labute approximate surface area is 205 Å². The van der Waals surface area contributed by atoms with E-state index in [0.717, 1.165) is 23.8 Å². The van der Waals surface area contributed by atoms with Crippen molar-refractivity contribution in [2.24, 2.45) is 11.1 Å². The number of nitrogens with zero attached hydrogens (tertiary/aromatic N) is 4. The lowest BCUT2D eigenvalue weighted by molar-refractivity contribution is -0.121. The maximum atomic E-state index is 12.4. The van der Waals surface area contributed by atoms with Gasteiger partial charge in [-0.1, -0.05) is 25.0 Å². The van der Waals surface area contributed by atoms with Crippen molar-refractivity contribution in [1.82, 2.24) is 30.8 Å². The molecule has 2 aliphatic heterocycles. The van der Waals surface area contributed by atoms with Crippen LogP contribution in [0, 0.1) is 5.92 Å². The third-order valence-electron chi connectivity index (χ3n) is 7.31. The summed E-state index contributed by atoms with van der Waals surface area (Å²) in [6.45, 7) is 2.61. The van der Waals surface area contributed by atoms with Crippen LogP contribution in [-0.2, 0) is 27.7 Å². The van der Waals surface area contributed by atoms with E-state index in [1.54, 1.807) is 12.1 Å². The molecule has 3 aliphatic rings. The predicted molar refractivity (Wildman–Crippen MR) is 130 cm³/mol. The molecule has 11 nitrogen and oxygen atoms in total. The number of nitrogens with two attached hydrogens (primary N) is 1. The number of amides is 1. The highest BCUT2D eigenvalue weighted by atomic mass is 32.2. The number of primary sulfonamides is 1. The van der Waals surface area contributed by atoms with Crippen LogP contribution in [0.5, 0.6) is 0 Å². The Balaban J connectivity index is 1.13. The van der Waals surface area contributed by atoms with Gasteiger partial charge in [0.1, 0.15) is 12.0 Å². The fourth-order valence-corrected chi connectivity index (χ4v) is 6.17. The van der Waals surface area contributed by atoms with E-state index in [1.807, 2.05) is 0 Å². The second-order valence-corrected chi connectivity index (χ2v) is 11.3. The molecule has 1 saturated heterocycles. The van der Waals surface area contributed by atoms with Gasteiger partial charge in [0.05, 0.1) is 11.1 Å². The Hall–Kier alpha value is -2.54. The number of hydrogen-bond acceptors (Lipinski definition) is 8. The number of hydrogen-bond donors (Lipinski definition) is 4. The van der Waals surface area contributed by atoms with E-state index in [9.17, 15) is 13.2 Å². The quantitative estimate of drug-likeness (QED) is 0.417. The zero-order chi connectivity index (χ0) is 24.6. The molecule has 5 rings (SSSR count). The minimum atomic E-state index is -3.69. The highest BCUT2D eigenvalue weighted by Gasteiger charge is 2.47. The fraction of sp³-hybridized carbons (Fsp3) is 0.609. The highest BCUT2D eigenvalue weighted by Crippen LogP contribution is 2.44. The lowest BCUT2D eigenvalue weighted by atomic mass is 9.81. The number of hydrazine groups is 1. The monoisotopic (exact) mass is 502 g/mol. The molecule has 190 valence electrons. The van der Waals surface area contributed by atoms with E-state index in [0.29, 0.717) is 44.2 Å². The minimum Gasteiger partial charge on any atom is -0.356 e. The number of aromatic nitrogens is 3. The van der Waals surface area contributed by atoms with Gasteiger partial charge in [-0.3, -0.25) is 19.7 Å². The predicted octanol–water partition coefficient (Wildman–Crippen LogP) is 0.938. The third kappa shape index (κ3) is 5.06. The van der Waals surface area contributed by atoms with Crippen LogP contribution in [0.1, 0.15) is 62.9 Å². The lowest BCUT2D eigenvalue weighted by Crippen LogP contribution is -2.53. The van der Waals surface area contributed by atoms with Crippen molar-refractivity contribution in [3.63, 3.8) is 0 Å². The van der Waals surface area contributed by atoms with Gasteiger partial charge in [0.15, 0.2) is 0 Å². The summed E-state index contributed by atoms with van der Waals surface area (Å²) in [6, 6.07) is 6.81. The molecule has 12 heteroatoms. The number of nitrogens with one attached hydrogen (secondary N) is 3. The first-order valence-corrected chi connectivity index (χ1v) is 14.0. The summed E-state index contributed by atoms with van der Waals surface area (Å²) in [6.07, 6.45) is 7.71. The Morgan fingerprint density at radius 1 is 1.17 bits per heavy atom. The van der Waals surface area contributed by atoms with Crippen LogP contribution in [-0.4, -0.2) is 48.0 Å². The molecule has 0 bridgehead atoms. The van der Waals surface area contributed by atoms with Gasteiger partial charge in [0, 0.05) is 31.3 Å². The fourth-order valence-electron chi connectivity index (χ4n) is 5.66. The molecule has 3 heterocycles. The molecule has 2 fully saturated rings. The van der Waals surface area contributed by atoms with Crippen molar-refractivity contribution in [3.8, 4) is 0 Å². The number of anilines is 1. The maximum Gasteiger partial charge on any atom is 0.243 e. The first kappa shape index (κ1) is 24.2. The first-order chi connectivity index (χ1) is 16.8. The Kier molecular flexibility index (Phi) is 6.80. The number of carbonyl (C=O) groups is 1. The number of aryl methyl sites for hydroxylation is 1. The van der Waals surface area contributed by atoms with Crippen LogP contribution in [0.4, 0.5) is 5.95 Å². The maximum absolute atomic E-state index is 12.4. The zero-order valence-corrected chi connectivity index (χ0v) is 20.8. The van der Waals surface area contributed by atoms with Gasteiger partial charge in [-0.25, -0.2) is 19.0 Å². The molecule has 5 N–H and O–H groups in total. The molecule has 2 aromatic rings. The van der Waals surface area contributed by atoms with Gasteiger partial charge in [-0.05, 0) is 50.3 Å². The second-order valence-electron chi connectivity index (χ2n) is 9.78. The van der Waals surface area contributed by atoms with Gasteiger partial charge < -0.3 is 5.32 Å². The van der Waals surface area contributed by atoms with Crippen molar-refractivity contribution in [2.75, 3.05) is 11.6 Å². The van der Waals surface area contributed by atoms with E-state index in [1.165, 1.54) is 31.4 Å². The summed E-state index contributed by atoms with van der Waals surface area (Å²) < 4.78 is 25.0. The average Bonchev–Trinajstić information content (AvgIpc) is 3.42. The number of benzene rings is 1. The van der Waals surface area contributed by atoms with Crippen molar-refractivity contribution in [1.29, 1.82) is 0 Å². The Bertz CT molecular complexity index is 1170. The summed E-state index contributed by atoms with van der Waals surface area (Å²) in [5.41, 5.74) is 4.42. The molecule has 0 radical (unpaired) electrons. The number of sulfonamides is 1. The van der Waals surface area contributed by atoms with E-state index >= 15 is 0 Å². The van der Waals surface area contributed by atoms with Crippen LogP contribution < -0.4 is 26.2 Å². The smallest absolute Gasteiger partial charge is 0.243 e. The highest BCUT2D eigenvalue weighted by molar-refractivity contribution is 7.89. The van der Waals surface area contributed by atoms with Crippen LogP contribution in [0.3, 0.4) is 0 Å². The number of rotatable bonds is 8. The van der Waals surface area contributed by atoms with Gasteiger partial charge >= 0.3 is 0 Å². The minimum absolute atomic E-state index is 0.000574. The summed E-state index contributed by atoms with van der Waals surface area (Å²) in [4.78, 5) is 12.5. The molecule has 1 saturated carbocycles. The largest absolute Gasteiger partial charge is 0.356 e. The molecule has 1 aromatic heterocycles. The Morgan fingerprint density at radius 3 is 2.71 bits per heavy atom. The summed E-state index contributed by atoms with van der Waals surface area (Å²) >= 11 is 0. The summed E-state index contributed by atoms with van der Waals surface area (Å²) in [7, 11) is -3.69. The van der Waals surface area contributed by atoms with Gasteiger partial charge in [-0.2, -0.15) is 0 Å². The van der Waals surface area contributed by atoms with Gasteiger partial charge in [0.2, 0.25) is 21.9 Å². The van der Waals surface area contributed by atoms with E-state index in [2.05, 4.69) is 42.8 Å². The number of carbonyl (C=O) groups excluding carboxylic acids is 1. The van der Waals surface area contributed by atoms with E-state index < -0.39 is 10.0 Å². The lowest BCUT2D eigenvalue weighted by Gasteiger charge is -2.44. The Morgan fingerprint density at radius 2 is 1.94 bits per heavy atom. The van der Waals surface area contributed by atoms with Gasteiger partial charge in [-0.15, -0.1) is 10.2 Å². The van der Waals surface area contributed by atoms with Crippen LogP contribution >= 0.6 is 0 Å². The molecule has 1 aromatic carbocycles. The standard InChI is InChI=1S/C23H34N8O3S/c1-15-26-22-18-5-2-3-6-19(18)30-20(27-28-23(30)31(22)29-15)7-4-8-21(32)25-14-13-16-9-11-17(12-10-16)35(24,33)34/h9-12,15,18-19,22,26,29H,2-8,13-14H2,1H3,(H,25,32)(H2,24,33,34). The van der Waals surface area contributed by atoms with Crippen molar-refractivity contribution in [2.45, 2.75) is 81.6 Å². The van der Waals surface area contributed by atoms with E-state index in [-0.39, 0.29) is 23.1 Å². The van der Waals surface area contributed by atoms with Crippen LogP contribution in [0.2, 0.25) is 0 Å². The molecule has 4 unspecified atom stereocenters. The normalized spacial score (nSPS) is 25.6. The summed E-state index contributed by atoms with van der Waals surface area (Å²) in [5, 5.41) is 22.9. The van der Waals surface area contributed by atoms with Gasteiger partial charge in [0.25, 0.3) is 0 Å². The molecule has 35 heavy (non-hydrogen) atoms. The summed E-state index contributed by atoms with van der Waals surface area (Å²) in [5.74, 6) is 2.35. The van der Waals surface area contributed by atoms with E-state index in [4.69, 9.17) is 5.14 Å². The molecule has 0 spiro atoms.